The summed E-state index contributed by atoms with van der Waals surface area (Å²) in [7, 11) is -2.40. The topological polar surface area (TPSA) is 63.6 Å². The molecule has 0 unspecified atom stereocenters. The number of anilines is 1. The zero-order chi connectivity index (χ0) is 46.8. The fraction of sp³-hybridized carbons (Fsp3) is 0.543. The average molecular weight is 837 g/mol. The van der Waals surface area contributed by atoms with Crippen LogP contribution in [-0.2, 0) is 4.74 Å². The predicted octanol–water partition coefficient (Wildman–Crippen LogP) is 9.84. The molecular formula is C46H54F5N5O2Si. The van der Waals surface area contributed by atoms with Crippen molar-refractivity contribution in [2.45, 2.75) is 97.1 Å². The molecule has 4 aromatic rings. The average Bonchev–Trinajstić information content (AvgIpc) is 3.91. The van der Waals surface area contributed by atoms with E-state index in [1.807, 2.05) is 0 Å². The first-order valence-electron chi connectivity index (χ1n) is 22.8. The Bertz CT molecular complexity index is 2560. The quantitative estimate of drug-likeness (QED) is 0.0946. The van der Waals surface area contributed by atoms with E-state index in [1.54, 1.807) is 36.1 Å². The predicted molar refractivity (Wildman–Crippen MR) is 226 cm³/mol. The van der Waals surface area contributed by atoms with Crippen LogP contribution in [0.2, 0.25) is 16.6 Å². The highest BCUT2D eigenvalue weighted by Gasteiger charge is 2.56. The standard InChI is InChI=1S/C46H54F5N5O2Si/c1-10-12-35-37-41(39(49)40(52-35)31-14-11-13-29-15-16-34(47)30(36(29)31)18-22-59(26(2)3,27(4)5)28(6)7)53-45(54-44(37)56-20-21-57-23-32-38(48)42(32)56)58-25-46(8)24-55(9)19-17-33(46)43(50)51/h11,13-16,26-28,32-33,38,42-43H,17,19-21,23-25H2,1-9H3/t32-,33+,38-,42-,46-/m0/s1/i9D3,25D2. The number of hydrogen-bond acceptors (Lipinski definition) is 7. The number of rotatable bonds is 9. The molecular weight excluding hydrogens is 778 g/mol. The lowest BCUT2D eigenvalue weighted by molar-refractivity contribution is -0.0679. The number of halogens is 5. The first kappa shape index (κ1) is 36.5. The molecule has 1 aliphatic carbocycles. The van der Waals surface area contributed by atoms with Crippen LogP contribution in [0, 0.1) is 52.2 Å². The van der Waals surface area contributed by atoms with Crippen molar-refractivity contribution >= 4 is 35.6 Å². The van der Waals surface area contributed by atoms with Gasteiger partial charge in [0.1, 0.15) is 42.8 Å². The summed E-state index contributed by atoms with van der Waals surface area (Å²) in [6, 6.07) is 6.37. The Morgan fingerprint density at radius 1 is 1.02 bits per heavy atom. The number of piperidine rings is 1. The molecule has 2 aromatic heterocycles. The van der Waals surface area contributed by atoms with E-state index in [-0.39, 0.29) is 83.1 Å². The highest BCUT2D eigenvalue weighted by Crippen LogP contribution is 2.47. The van der Waals surface area contributed by atoms with Gasteiger partial charge in [0, 0.05) is 45.4 Å². The Balaban J connectivity index is 1.50. The highest BCUT2D eigenvalue weighted by molar-refractivity contribution is 6.90. The van der Waals surface area contributed by atoms with Gasteiger partial charge < -0.3 is 19.3 Å². The molecule has 2 saturated heterocycles. The minimum atomic E-state index is -3.07. The van der Waals surface area contributed by atoms with Crippen LogP contribution in [-0.4, -0.2) is 92.9 Å². The van der Waals surface area contributed by atoms with Gasteiger partial charge >= 0.3 is 6.01 Å². The number of aromatic nitrogens is 3. The van der Waals surface area contributed by atoms with Crippen LogP contribution in [0.25, 0.3) is 32.9 Å². The fourth-order valence-electron chi connectivity index (χ4n) is 9.62. The summed E-state index contributed by atoms with van der Waals surface area (Å²) in [5.41, 5.74) is 1.61. The van der Waals surface area contributed by atoms with Crippen molar-refractivity contribution in [1.29, 1.82) is 0 Å². The number of pyridine rings is 1. The van der Waals surface area contributed by atoms with Gasteiger partial charge in [-0.3, -0.25) is 0 Å². The molecule has 2 aliphatic heterocycles. The number of fused-ring (bicyclic) bond motifs is 3. The summed E-state index contributed by atoms with van der Waals surface area (Å²) in [6.45, 7) is 9.22. The van der Waals surface area contributed by atoms with Crippen molar-refractivity contribution in [2.75, 3.05) is 51.3 Å². The van der Waals surface area contributed by atoms with E-state index in [0.29, 0.717) is 10.8 Å². The second kappa shape index (κ2) is 16.6. The van der Waals surface area contributed by atoms with E-state index in [0.717, 1.165) is 4.90 Å². The van der Waals surface area contributed by atoms with Crippen LogP contribution >= 0.6 is 0 Å². The summed E-state index contributed by atoms with van der Waals surface area (Å²) < 4.78 is 133. The van der Waals surface area contributed by atoms with Crippen LogP contribution in [0.15, 0.2) is 30.3 Å². The molecule has 3 aliphatic rings. The highest BCUT2D eigenvalue weighted by atomic mass is 28.3. The number of ether oxygens (including phenoxy) is 2. The van der Waals surface area contributed by atoms with Gasteiger partial charge in [0.05, 0.1) is 39.5 Å². The maximum atomic E-state index is 17.9. The number of likely N-dealkylation sites (tertiary alicyclic amines) is 1. The van der Waals surface area contributed by atoms with Crippen molar-refractivity contribution in [3.05, 3.63) is 53.2 Å². The molecule has 5 atom stereocenters. The summed E-state index contributed by atoms with van der Waals surface area (Å²) >= 11 is 0. The second-order valence-electron chi connectivity index (χ2n) is 17.2. The van der Waals surface area contributed by atoms with E-state index >= 15 is 13.2 Å². The van der Waals surface area contributed by atoms with Crippen molar-refractivity contribution in [2.24, 2.45) is 17.3 Å². The van der Waals surface area contributed by atoms with Crippen molar-refractivity contribution in [1.82, 2.24) is 19.9 Å². The van der Waals surface area contributed by atoms with Crippen molar-refractivity contribution < 1.29 is 38.3 Å². The SMILES string of the molecule is [2H]C([2H])([2H])N1CC[C@H](C(F)F)[C@](C)(C([2H])([2H])Oc2nc(N3CCOC[C@H]4[C@H](F)[C@H]43)c3c(C#CC)nc(-c4cccc5ccc(F)c(C#C[Si](C(C)C)(C(C)C)C(C)C)c45)c(F)c3n2)C1. The van der Waals surface area contributed by atoms with Gasteiger partial charge in [-0.1, -0.05) is 84.6 Å². The van der Waals surface area contributed by atoms with E-state index in [2.05, 4.69) is 74.8 Å². The molecule has 0 bridgehead atoms. The Kier molecular flexibility index (Phi) is 10.3. The number of nitrogens with zero attached hydrogens (tertiary/aromatic N) is 5. The zero-order valence-corrected chi connectivity index (χ0v) is 35.7. The Morgan fingerprint density at radius 3 is 2.44 bits per heavy atom. The molecule has 7 nitrogen and oxygen atoms in total. The first-order chi connectivity index (χ1) is 30.0. The second-order valence-corrected chi connectivity index (χ2v) is 22.7. The number of benzene rings is 2. The summed E-state index contributed by atoms with van der Waals surface area (Å²) in [4.78, 5) is 16.2. The maximum absolute atomic E-state index is 17.9. The summed E-state index contributed by atoms with van der Waals surface area (Å²) in [5.74, 6) is 5.01. The van der Waals surface area contributed by atoms with Gasteiger partial charge in [0.2, 0.25) is 6.43 Å². The Hall–Kier alpha value is -4.30. The van der Waals surface area contributed by atoms with Gasteiger partial charge in [-0.25, -0.2) is 26.9 Å². The molecule has 0 spiro atoms. The van der Waals surface area contributed by atoms with E-state index in [1.165, 1.54) is 13.0 Å². The van der Waals surface area contributed by atoms with Crippen LogP contribution in [0.5, 0.6) is 6.01 Å². The van der Waals surface area contributed by atoms with Gasteiger partial charge in [-0.15, -0.1) is 5.54 Å². The van der Waals surface area contributed by atoms with Gasteiger partial charge in [-0.2, -0.15) is 9.97 Å². The Labute approximate surface area is 352 Å². The third-order valence-electron chi connectivity index (χ3n) is 12.7. The van der Waals surface area contributed by atoms with Gasteiger partial charge in [0.25, 0.3) is 0 Å². The lowest BCUT2D eigenvalue weighted by atomic mass is 9.73. The van der Waals surface area contributed by atoms with Crippen LogP contribution in [0.3, 0.4) is 0 Å². The molecule has 2 aromatic carbocycles. The van der Waals surface area contributed by atoms with E-state index in [9.17, 15) is 11.5 Å². The lowest BCUT2D eigenvalue weighted by Gasteiger charge is -2.44. The smallest absolute Gasteiger partial charge is 0.319 e. The van der Waals surface area contributed by atoms with E-state index in [4.69, 9.17) is 18.6 Å². The molecule has 0 N–H and O–H groups in total. The molecule has 7 rings (SSSR count). The molecule has 4 heterocycles. The largest absolute Gasteiger partial charge is 0.463 e. The molecule has 314 valence electrons. The first-order valence-corrected chi connectivity index (χ1v) is 22.5. The van der Waals surface area contributed by atoms with Gasteiger partial charge in [-0.05, 0) is 60.9 Å². The zero-order valence-electron chi connectivity index (χ0n) is 39.7. The van der Waals surface area contributed by atoms with Crippen LogP contribution < -0.4 is 9.64 Å². The minimum absolute atomic E-state index is 0.0200. The molecule has 13 heteroatoms. The molecule has 3 fully saturated rings. The molecule has 0 radical (unpaired) electrons. The maximum Gasteiger partial charge on any atom is 0.319 e. The molecule has 59 heavy (non-hydrogen) atoms. The lowest BCUT2D eigenvalue weighted by Crippen LogP contribution is -2.51. The van der Waals surface area contributed by atoms with Gasteiger partial charge in [0.15, 0.2) is 5.82 Å². The van der Waals surface area contributed by atoms with E-state index < -0.39 is 87.2 Å². The minimum Gasteiger partial charge on any atom is -0.463 e. The van der Waals surface area contributed by atoms with Crippen LogP contribution in [0.1, 0.15) is 79.9 Å². The Morgan fingerprint density at radius 2 is 1.76 bits per heavy atom. The number of alkyl halides is 3. The normalized spacial score (nSPS) is 25.4. The third-order valence-corrected chi connectivity index (χ3v) is 19.0. The fourth-order valence-corrected chi connectivity index (χ4v) is 14.8. The molecule has 0 amide bonds. The summed E-state index contributed by atoms with van der Waals surface area (Å²) in [6.07, 6.45) is -4.77. The third kappa shape index (κ3) is 7.68. The monoisotopic (exact) mass is 836 g/mol. The van der Waals surface area contributed by atoms with Crippen molar-refractivity contribution in [3.63, 3.8) is 0 Å². The number of hydrogen-bond donors (Lipinski definition) is 0. The van der Waals surface area contributed by atoms with Crippen LogP contribution in [0.4, 0.5) is 27.8 Å². The summed E-state index contributed by atoms with van der Waals surface area (Å²) in [5, 5.41) is 0.808. The molecule has 1 saturated carbocycles. The van der Waals surface area contributed by atoms with Crippen molar-refractivity contribution in [3.8, 4) is 40.6 Å².